The van der Waals surface area contributed by atoms with Gasteiger partial charge in [0.25, 0.3) is 0 Å². The first-order valence-corrected chi connectivity index (χ1v) is 6.36. The molecule has 0 saturated carbocycles. The molecule has 0 aliphatic carbocycles. The average Bonchev–Trinajstić information content (AvgIpc) is 2.41. The standard InChI is InChI=1S/C15H13ClFNO2/c1-9-2-3-10(8-13(9)17)14(15(19)20)18-12-6-4-11(16)5-7-12/h2-8,14,18H,1H3,(H,19,20). The first-order valence-electron chi connectivity index (χ1n) is 5.98. The minimum Gasteiger partial charge on any atom is -0.479 e. The highest BCUT2D eigenvalue weighted by Crippen LogP contribution is 2.23. The molecule has 20 heavy (non-hydrogen) atoms. The van der Waals surface area contributed by atoms with E-state index in [1.165, 1.54) is 6.07 Å². The van der Waals surface area contributed by atoms with Gasteiger partial charge in [-0.25, -0.2) is 9.18 Å². The number of carbonyl (C=O) groups is 1. The molecule has 0 aromatic heterocycles. The molecule has 0 spiro atoms. The van der Waals surface area contributed by atoms with Crippen molar-refractivity contribution in [2.24, 2.45) is 0 Å². The quantitative estimate of drug-likeness (QED) is 0.895. The van der Waals surface area contributed by atoms with Gasteiger partial charge in [0.1, 0.15) is 5.82 Å². The number of carboxylic acids is 1. The molecule has 2 aromatic rings. The van der Waals surface area contributed by atoms with E-state index in [0.29, 0.717) is 21.8 Å². The van der Waals surface area contributed by atoms with Crippen LogP contribution >= 0.6 is 11.6 Å². The number of halogens is 2. The lowest BCUT2D eigenvalue weighted by molar-refractivity contribution is -0.138. The maximum absolute atomic E-state index is 13.6. The Morgan fingerprint density at radius 3 is 2.45 bits per heavy atom. The summed E-state index contributed by atoms with van der Waals surface area (Å²) in [5, 5.41) is 12.7. The number of benzene rings is 2. The predicted molar refractivity (Wildman–Crippen MR) is 76.6 cm³/mol. The van der Waals surface area contributed by atoms with Crippen molar-refractivity contribution in [3.8, 4) is 0 Å². The summed E-state index contributed by atoms with van der Waals surface area (Å²) in [6, 6.07) is 10.0. The average molecular weight is 294 g/mol. The maximum atomic E-state index is 13.6. The van der Waals surface area contributed by atoms with Gasteiger partial charge in [-0.15, -0.1) is 0 Å². The summed E-state index contributed by atoms with van der Waals surface area (Å²) in [6.45, 7) is 1.63. The molecule has 0 bridgehead atoms. The largest absolute Gasteiger partial charge is 0.479 e. The molecule has 104 valence electrons. The van der Waals surface area contributed by atoms with E-state index in [-0.39, 0.29) is 0 Å². The number of nitrogens with one attached hydrogen (secondary N) is 1. The molecule has 0 aliphatic rings. The Kier molecular flexibility index (Phi) is 4.25. The lowest BCUT2D eigenvalue weighted by Gasteiger charge is -2.16. The van der Waals surface area contributed by atoms with Crippen molar-refractivity contribution in [1.29, 1.82) is 0 Å². The molecule has 0 saturated heterocycles. The van der Waals surface area contributed by atoms with Gasteiger partial charge in [0.2, 0.25) is 0 Å². The van der Waals surface area contributed by atoms with Crippen molar-refractivity contribution in [3.05, 3.63) is 64.4 Å². The molecule has 0 aliphatic heterocycles. The number of aliphatic carboxylic acids is 1. The van der Waals surface area contributed by atoms with Crippen LogP contribution < -0.4 is 5.32 Å². The summed E-state index contributed by atoms with van der Waals surface area (Å²) < 4.78 is 13.6. The topological polar surface area (TPSA) is 49.3 Å². The summed E-state index contributed by atoms with van der Waals surface area (Å²) in [6.07, 6.45) is 0. The van der Waals surface area contributed by atoms with Crippen molar-refractivity contribution in [2.75, 3.05) is 5.32 Å². The van der Waals surface area contributed by atoms with Crippen LogP contribution in [0.3, 0.4) is 0 Å². The molecule has 0 fully saturated rings. The third kappa shape index (κ3) is 3.27. The number of anilines is 1. The lowest BCUT2D eigenvalue weighted by atomic mass is 10.0. The van der Waals surface area contributed by atoms with Crippen LogP contribution in [0.2, 0.25) is 5.02 Å². The number of hydrogen-bond donors (Lipinski definition) is 2. The molecular formula is C15H13ClFNO2. The molecule has 1 atom stereocenters. The highest BCUT2D eigenvalue weighted by atomic mass is 35.5. The Hall–Kier alpha value is -2.07. The van der Waals surface area contributed by atoms with Crippen LogP contribution in [0, 0.1) is 12.7 Å². The highest BCUT2D eigenvalue weighted by molar-refractivity contribution is 6.30. The van der Waals surface area contributed by atoms with Crippen LogP contribution in [0.15, 0.2) is 42.5 Å². The van der Waals surface area contributed by atoms with Gasteiger partial charge in [-0.1, -0.05) is 23.7 Å². The zero-order valence-corrected chi connectivity index (χ0v) is 11.5. The monoisotopic (exact) mass is 293 g/mol. The maximum Gasteiger partial charge on any atom is 0.330 e. The Bertz CT molecular complexity index is 628. The van der Waals surface area contributed by atoms with E-state index in [1.807, 2.05) is 0 Å². The second-order valence-electron chi connectivity index (χ2n) is 4.43. The predicted octanol–water partition coefficient (Wildman–Crippen LogP) is 4.03. The summed E-state index contributed by atoms with van der Waals surface area (Å²) in [5.74, 6) is -1.50. The number of carboxylic acid groups (broad SMARTS) is 1. The van der Waals surface area contributed by atoms with E-state index in [4.69, 9.17) is 11.6 Å². The van der Waals surface area contributed by atoms with E-state index >= 15 is 0 Å². The van der Waals surface area contributed by atoms with Crippen LogP contribution in [0.4, 0.5) is 10.1 Å². The molecule has 0 heterocycles. The summed E-state index contributed by atoms with van der Waals surface area (Å²) in [5.41, 5.74) is 1.43. The van der Waals surface area contributed by atoms with Crippen LogP contribution in [0.25, 0.3) is 0 Å². The zero-order valence-electron chi connectivity index (χ0n) is 10.7. The normalized spacial score (nSPS) is 11.9. The van der Waals surface area contributed by atoms with E-state index in [2.05, 4.69) is 5.32 Å². The lowest BCUT2D eigenvalue weighted by Crippen LogP contribution is -2.20. The fourth-order valence-corrected chi connectivity index (χ4v) is 1.92. The third-order valence-electron chi connectivity index (χ3n) is 2.93. The molecule has 2 rings (SSSR count). The van der Waals surface area contributed by atoms with Crippen LogP contribution in [0.1, 0.15) is 17.2 Å². The van der Waals surface area contributed by atoms with Crippen molar-refractivity contribution in [2.45, 2.75) is 13.0 Å². The molecule has 3 nitrogen and oxygen atoms in total. The zero-order chi connectivity index (χ0) is 14.7. The minimum atomic E-state index is -1.08. The van der Waals surface area contributed by atoms with E-state index < -0.39 is 17.8 Å². The second-order valence-corrected chi connectivity index (χ2v) is 4.87. The Morgan fingerprint density at radius 1 is 1.25 bits per heavy atom. The van der Waals surface area contributed by atoms with Gasteiger partial charge in [-0.05, 0) is 48.4 Å². The van der Waals surface area contributed by atoms with Crippen molar-refractivity contribution in [1.82, 2.24) is 0 Å². The number of aryl methyl sites for hydroxylation is 1. The molecular weight excluding hydrogens is 281 g/mol. The molecule has 1 unspecified atom stereocenters. The molecule has 2 aromatic carbocycles. The molecule has 2 N–H and O–H groups in total. The fraction of sp³-hybridized carbons (Fsp3) is 0.133. The number of rotatable bonds is 4. The highest BCUT2D eigenvalue weighted by Gasteiger charge is 2.20. The third-order valence-corrected chi connectivity index (χ3v) is 3.18. The summed E-state index contributed by atoms with van der Waals surface area (Å²) in [7, 11) is 0. The van der Waals surface area contributed by atoms with Gasteiger partial charge in [0, 0.05) is 10.7 Å². The van der Waals surface area contributed by atoms with Gasteiger partial charge in [-0.2, -0.15) is 0 Å². The Balaban J connectivity index is 2.29. The Morgan fingerprint density at radius 2 is 1.90 bits per heavy atom. The molecule has 5 heteroatoms. The van der Waals surface area contributed by atoms with E-state index in [9.17, 15) is 14.3 Å². The van der Waals surface area contributed by atoms with Gasteiger partial charge < -0.3 is 10.4 Å². The van der Waals surface area contributed by atoms with Crippen molar-refractivity contribution >= 4 is 23.3 Å². The SMILES string of the molecule is Cc1ccc(C(Nc2ccc(Cl)cc2)C(=O)O)cc1F. The van der Waals surface area contributed by atoms with Crippen molar-refractivity contribution < 1.29 is 14.3 Å². The Labute approximate surface area is 121 Å². The summed E-state index contributed by atoms with van der Waals surface area (Å²) >= 11 is 5.77. The van der Waals surface area contributed by atoms with Crippen LogP contribution in [0.5, 0.6) is 0 Å². The second kappa shape index (κ2) is 5.92. The number of hydrogen-bond acceptors (Lipinski definition) is 2. The smallest absolute Gasteiger partial charge is 0.330 e. The fourth-order valence-electron chi connectivity index (χ4n) is 1.79. The first kappa shape index (κ1) is 14.3. The van der Waals surface area contributed by atoms with Crippen LogP contribution in [-0.4, -0.2) is 11.1 Å². The molecule has 0 radical (unpaired) electrons. The van der Waals surface area contributed by atoms with E-state index in [0.717, 1.165) is 0 Å². The van der Waals surface area contributed by atoms with Crippen molar-refractivity contribution in [3.63, 3.8) is 0 Å². The minimum absolute atomic E-state index is 0.357. The van der Waals surface area contributed by atoms with Gasteiger partial charge >= 0.3 is 5.97 Å². The van der Waals surface area contributed by atoms with Gasteiger partial charge in [0.15, 0.2) is 6.04 Å². The van der Waals surface area contributed by atoms with E-state index in [1.54, 1.807) is 43.3 Å². The first-order chi connectivity index (χ1) is 9.47. The van der Waals surface area contributed by atoms with Gasteiger partial charge in [-0.3, -0.25) is 0 Å². The molecule has 0 amide bonds. The van der Waals surface area contributed by atoms with Gasteiger partial charge in [0.05, 0.1) is 0 Å². The van der Waals surface area contributed by atoms with Crippen LogP contribution in [-0.2, 0) is 4.79 Å². The summed E-state index contributed by atoms with van der Waals surface area (Å²) in [4.78, 5) is 11.4.